The smallest absolute Gasteiger partial charge is 0.369 e. The summed E-state index contributed by atoms with van der Waals surface area (Å²) in [5.41, 5.74) is 0.151. The van der Waals surface area contributed by atoms with E-state index in [4.69, 9.17) is 0 Å². The molecule has 1 aromatic rings. The molecule has 23 heavy (non-hydrogen) atoms. The predicted molar refractivity (Wildman–Crippen MR) is 84.5 cm³/mol. The molecule has 3 atom stereocenters. The molecule has 126 valence electrons. The van der Waals surface area contributed by atoms with Gasteiger partial charge in [0.25, 0.3) is 0 Å². The fourth-order valence-corrected chi connectivity index (χ4v) is 4.85. The molecular weight excluding hydrogens is 301 g/mol. The third-order valence-electron chi connectivity index (χ3n) is 6.02. The molecule has 3 aliphatic rings. The van der Waals surface area contributed by atoms with Crippen molar-refractivity contribution in [3.63, 3.8) is 0 Å². The summed E-state index contributed by atoms with van der Waals surface area (Å²) < 4.78 is 38.6. The lowest BCUT2D eigenvalue weighted by Gasteiger charge is -2.42. The molecule has 1 saturated heterocycles. The molecule has 2 bridgehead atoms. The molecule has 2 aliphatic carbocycles. The van der Waals surface area contributed by atoms with Crippen LogP contribution < -0.4 is 4.90 Å². The molecule has 5 heteroatoms. The first-order valence-corrected chi connectivity index (χ1v) is 8.67. The summed E-state index contributed by atoms with van der Waals surface area (Å²) in [6.07, 6.45) is 1.27. The quantitative estimate of drug-likeness (QED) is 0.811. The van der Waals surface area contributed by atoms with Crippen molar-refractivity contribution in [3.8, 4) is 0 Å². The van der Waals surface area contributed by atoms with Gasteiger partial charge in [-0.15, -0.1) is 0 Å². The van der Waals surface area contributed by atoms with Gasteiger partial charge in [-0.2, -0.15) is 13.2 Å². The number of halogens is 3. The van der Waals surface area contributed by atoms with Crippen LogP contribution in [0.15, 0.2) is 24.3 Å². The van der Waals surface area contributed by atoms with Gasteiger partial charge in [-0.25, -0.2) is 0 Å². The van der Waals surface area contributed by atoms with Crippen LogP contribution in [-0.4, -0.2) is 37.1 Å². The average molecular weight is 324 g/mol. The number of anilines is 1. The lowest BCUT2D eigenvalue weighted by molar-refractivity contribution is -0.137. The van der Waals surface area contributed by atoms with Crippen LogP contribution in [0.25, 0.3) is 0 Å². The maximum Gasteiger partial charge on any atom is 0.416 e. The first-order valence-electron chi connectivity index (χ1n) is 8.67. The van der Waals surface area contributed by atoms with Gasteiger partial charge in [0.2, 0.25) is 0 Å². The van der Waals surface area contributed by atoms with E-state index in [0.717, 1.165) is 50.1 Å². The van der Waals surface area contributed by atoms with Gasteiger partial charge < -0.3 is 4.90 Å². The van der Waals surface area contributed by atoms with Crippen LogP contribution in [0.5, 0.6) is 0 Å². The Bertz CT molecular complexity index is 564. The molecular formula is C18H23F3N2. The van der Waals surface area contributed by atoms with E-state index in [1.54, 1.807) is 6.07 Å². The Kier molecular flexibility index (Phi) is 3.79. The van der Waals surface area contributed by atoms with Gasteiger partial charge in [-0.1, -0.05) is 12.5 Å². The third-order valence-corrected chi connectivity index (χ3v) is 6.02. The van der Waals surface area contributed by atoms with E-state index in [1.165, 1.54) is 37.8 Å². The summed E-state index contributed by atoms with van der Waals surface area (Å²) in [5.74, 6) is 1.81. The Hall–Kier alpha value is -1.23. The number of hydrogen-bond donors (Lipinski definition) is 0. The molecule has 3 fully saturated rings. The summed E-state index contributed by atoms with van der Waals surface area (Å²) in [5, 5.41) is 0. The predicted octanol–water partition coefficient (Wildman–Crippen LogP) is 4.02. The second-order valence-corrected chi connectivity index (χ2v) is 7.31. The minimum atomic E-state index is -4.26. The van der Waals surface area contributed by atoms with Crippen LogP contribution in [0.1, 0.15) is 31.2 Å². The first kappa shape index (κ1) is 15.3. The summed E-state index contributed by atoms with van der Waals surface area (Å²) >= 11 is 0. The number of fused-ring (bicyclic) bond motifs is 2. The van der Waals surface area contributed by atoms with Gasteiger partial charge in [-0.3, -0.25) is 4.90 Å². The van der Waals surface area contributed by atoms with E-state index < -0.39 is 11.7 Å². The van der Waals surface area contributed by atoms with E-state index in [0.29, 0.717) is 5.69 Å². The Morgan fingerprint density at radius 1 is 0.957 bits per heavy atom. The molecule has 0 radical (unpaired) electrons. The zero-order valence-electron chi connectivity index (χ0n) is 13.2. The van der Waals surface area contributed by atoms with Crippen molar-refractivity contribution in [2.24, 2.45) is 11.8 Å². The highest BCUT2D eigenvalue weighted by Gasteiger charge is 2.42. The third kappa shape index (κ3) is 2.95. The van der Waals surface area contributed by atoms with Gasteiger partial charge in [0.15, 0.2) is 0 Å². The number of rotatable bonds is 2. The molecule has 1 aromatic carbocycles. The fraction of sp³-hybridized carbons (Fsp3) is 0.667. The molecule has 0 unspecified atom stereocenters. The summed E-state index contributed by atoms with van der Waals surface area (Å²) in [4.78, 5) is 4.69. The molecule has 0 aromatic heterocycles. The van der Waals surface area contributed by atoms with Crippen LogP contribution >= 0.6 is 0 Å². The molecule has 2 saturated carbocycles. The Morgan fingerprint density at radius 3 is 2.35 bits per heavy atom. The first-order chi connectivity index (χ1) is 11.0. The largest absolute Gasteiger partial charge is 0.416 e. The summed E-state index contributed by atoms with van der Waals surface area (Å²) in [7, 11) is 0. The monoisotopic (exact) mass is 324 g/mol. The second kappa shape index (κ2) is 5.69. The number of alkyl halides is 3. The molecule has 0 spiro atoms. The fourth-order valence-electron chi connectivity index (χ4n) is 4.85. The maximum absolute atomic E-state index is 12.9. The topological polar surface area (TPSA) is 6.48 Å². The lowest BCUT2D eigenvalue weighted by Crippen LogP contribution is -2.51. The van der Waals surface area contributed by atoms with E-state index in [-0.39, 0.29) is 0 Å². The summed E-state index contributed by atoms with van der Waals surface area (Å²) in [6.45, 7) is 3.61. The van der Waals surface area contributed by atoms with Crippen LogP contribution in [0.4, 0.5) is 18.9 Å². The van der Waals surface area contributed by atoms with Crippen LogP contribution in [0.3, 0.4) is 0 Å². The van der Waals surface area contributed by atoms with Gasteiger partial charge in [-0.05, 0) is 49.3 Å². The van der Waals surface area contributed by atoms with Crippen molar-refractivity contribution in [1.29, 1.82) is 0 Å². The average Bonchev–Trinajstić information content (AvgIpc) is 3.17. The van der Waals surface area contributed by atoms with E-state index in [1.807, 2.05) is 0 Å². The highest BCUT2D eigenvalue weighted by atomic mass is 19.4. The SMILES string of the molecule is FC(F)(F)c1cccc(N2CCN([C@H]3C[C@H]4CC[C@@H]3C4)CC2)c1. The molecule has 1 aliphatic heterocycles. The number of piperazine rings is 1. The number of hydrogen-bond acceptors (Lipinski definition) is 2. The second-order valence-electron chi connectivity index (χ2n) is 7.31. The zero-order chi connectivity index (χ0) is 16.0. The van der Waals surface area contributed by atoms with Gasteiger partial charge in [0.1, 0.15) is 0 Å². The van der Waals surface area contributed by atoms with Crippen molar-refractivity contribution >= 4 is 5.69 Å². The maximum atomic E-state index is 12.9. The highest BCUT2D eigenvalue weighted by molar-refractivity contribution is 5.49. The van der Waals surface area contributed by atoms with E-state index in [9.17, 15) is 13.2 Å². The minimum Gasteiger partial charge on any atom is -0.369 e. The van der Waals surface area contributed by atoms with Gasteiger partial charge in [0.05, 0.1) is 5.56 Å². The van der Waals surface area contributed by atoms with Crippen LogP contribution in [0, 0.1) is 11.8 Å². The summed E-state index contributed by atoms with van der Waals surface area (Å²) in [6, 6.07) is 6.47. The van der Waals surface area contributed by atoms with Crippen molar-refractivity contribution < 1.29 is 13.2 Å². The van der Waals surface area contributed by atoms with E-state index >= 15 is 0 Å². The molecule has 2 nitrogen and oxygen atoms in total. The standard InChI is InChI=1S/C18H23F3N2/c19-18(20,21)15-2-1-3-16(12-15)22-6-8-23(9-7-22)17-11-13-4-5-14(17)10-13/h1-3,12-14,17H,4-11H2/t13-,14+,17-/m0/s1. The number of benzene rings is 1. The molecule has 1 heterocycles. The van der Waals surface area contributed by atoms with Gasteiger partial charge in [0, 0.05) is 37.9 Å². The Morgan fingerprint density at radius 2 is 1.74 bits per heavy atom. The minimum absolute atomic E-state index is 0.550. The lowest BCUT2D eigenvalue weighted by atomic mass is 9.93. The van der Waals surface area contributed by atoms with Crippen molar-refractivity contribution in [1.82, 2.24) is 4.90 Å². The number of nitrogens with zero attached hydrogens (tertiary/aromatic N) is 2. The van der Waals surface area contributed by atoms with Gasteiger partial charge >= 0.3 is 6.18 Å². The Labute approximate surface area is 135 Å². The van der Waals surface area contributed by atoms with Crippen LogP contribution in [-0.2, 0) is 6.18 Å². The van der Waals surface area contributed by atoms with E-state index in [2.05, 4.69) is 9.80 Å². The highest BCUT2D eigenvalue weighted by Crippen LogP contribution is 2.46. The van der Waals surface area contributed by atoms with Crippen molar-refractivity contribution in [2.75, 3.05) is 31.1 Å². The van der Waals surface area contributed by atoms with Crippen molar-refractivity contribution in [3.05, 3.63) is 29.8 Å². The van der Waals surface area contributed by atoms with Crippen LogP contribution in [0.2, 0.25) is 0 Å². The molecule has 0 amide bonds. The molecule has 0 N–H and O–H groups in total. The zero-order valence-corrected chi connectivity index (χ0v) is 13.2. The Balaban J connectivity index is 1.40. The molecule has 4 rings (SSSR count). The van der Waals surface area contributed by atoms with Crippen molar-refractivity contribution in [2.45, 2.75) is 37.9 Å². The normalized spacial score (nSPS) is 31.8.